The van der Waals surface area contributed by atoms with Gasteiger partial charge >= 0.3 is 6.18 Å². The zero-order valence-corrected chi connectivity index (χ0v) is 15.4. The van der Waals surface area contributed by atoms with Gasteiger partial charge in [-0.05, 0) is 50.2 Å². The number of likely N-dealkylation sites (tertiary alicyclic amines) is 1. The highest BCUT2D eigenvalue weighted by molar-refractivity contribution is 5.93. The summed E-state index contributed by atoms with van der Waals surface area (Å²) in [6.45, 7) is 3.93. The van der Waals surface area contributed by atoms with Gasteiger partial charge in [-0.25, -0.2) is 0 Å². The van der Waals surface area contributed by atoms with Crippen molar-refractivity contribution in [1.29, 1.82) is 0 Å². The Hall–Kier alpha value is -2.31. The van der Waals surface area contributed by atoms with Crippen molar-refractivity contribution < 1.29 is 18.0 Å². The highest BCUT2D eigenvalue weighted by Gasteiger charge is 2.33. The molecule has 1 atom stereocenters. The number of carbonyl (C=O) groups is 1. The Kier molecular flexibility index (Phi) is 5.87. The van der Waals surface area contributed by atoms with Gasteiger partial charge in [0.05, 0.1) is 17.3 Å². The van der Waals surface area contributed by atoms with Crippen molar-refractivity contribution in [2.75, 3.05) is 13.1 Å². The molecule has 27 heavy (non-hydrogen) atoms. The minimum absolute atomic E-state index is 0.0462. The van der Waals surface area contributed by atoms with Crippen LogP contribution in [0.4, 0.5) is 13.2 Å². The molecular weight excluding hydrogens is 355 g/mol. The van der Waals surface area contributed by atoms with Gasteiger partial charge < -0.3 is 4.90 Å². The molecular formula is C20H24F3N3O. The molecule has 0 aliphatic carbocycles. The number of amides is 1. The molecule has 2 heterocycles. The molecule has 1 aromatic carbocycles. The van der Waals surface area contributed by atoms with E-state index in [9.17, 15) is 18.0 Å². The fraction of sp³-hybridized carbons (Fsp3) is 0.500. The monoisotopic (exact) mass is 379 g/mol. The number of aryl methyl sites for hydroxylation is 2. The van der Waals surface area contributed by atoms with E-state index in [2.05, 4.69) is 5.10 Å². The first-order valence-corrected chi connectivity index (χ1v) is 9.35. The van der Waals surface area contributed by atoms with Crippen LogP contribution in [-0.4, -0.2) is 33.7 Å². The van der Waals surface area contributed by atoms with Crippen LogP contribution in [0.2, 0.25) is 0 Å². The minimum Gasteiger partial charge on any atom is -0.338 e. The number of hydrogen-bond acceptors (Lipinski definition) is 2. The van der Waals surface area contributed by atoms with E-state index in [4.69, 9.17) is 0 Å². The summed E-state index contributed by atoms with van der Waals surface area (Å²) in [6, 6.07) is 5.75. The van der Waals surface area contributed by atoms with Crippen molar-refractivity contribution in [1.82, 2.24) is 14.7 Å². The Morgan fingerprint density at radius 1 is 1.30 bits per heavy atom. The lowest BCUT2D eigenvalue weighted by Crippen LogP contribution is -2.40. The summed E-state index contributed by atoms with van der Waals surface area (Å²) in [7, 11) is 0. The van der Waals surface area contributed by atoms with Crippen LogP contribution in [0.15, 0.2) is 36.7 Å². The van der Waals surface area contributed by atoms with Gasteiger partial charge in [0.2, 0.25) is 0 Å². The van der Waals surface area contributed by atoms with Gasteiger partial charge in [-0.1, -0.05) is 18.2 Å². The standard InChI is InChI=1S/C20H24F3N3O/c1-2-26-14-17(12-24-26)19(27)25-11-5-6-15(13-25)9-10-16-7-3-4-8-18(16)20(21,22)23/h3-4,7-8,12,14-15H,2,5-6,9-11,13H2,1H3/t15-/m0/s1. The molecule has 146 valence electrons. The Bertz CT molecular complexity index is 785. The molecule has 1 aliphatic heterocycles. The molecule has 0 radical (unpaired) electrons. The molecule has 1 fully saturated rings. The van der Waals surface area contributed by atoms with E-state index < -0.39 is 11.7 Å². The smallest absolute Gasteiger partial charge is 0.338 e. The van der Waals surface area contributed by atoms with E-state index in [0.717, 1.165) is 18.9 Å². The van der Waals surface area contributed by atoms with Crippen LogP contribution in [0.5, 0.6) is 0 Å². The van der Waals surface area contributed by atoms with Crippen molar-refractivity contribution in [3.63, 3.8) is 0 Å². The van der Waals surface area contributed by atoms with Crippen molar-refractivity contribution in [3.05, 3.63) is 53.3 Å². The first-order chi connectivity index (χ1) is 12.9. The molecule has 0 saturated carbocycles. The zero-order chi connectivity index (χ0) is 19.4. The number of halogens is 3. The quantitative estimate of drug-likeness (QED) is 0.772. The number of hydrogen-bond donors (Lipinski definition) is 0. The van der Waals surface area contributed by atoms with E-state index in [0.29, 0.717) is 43.6 Å². The van der Waals surface area contributed by atoms with Gasteiger partial charge in [0.25, 0.3) is 5.91 Å². The third kappa shape index (κ3) is 4.70. The first-order valence-electron chi connectivity index (χ1n) is 9.35. The minimum atomic E-state index is -4.33. The number of aromatic nitrogens is 2. The Balaban J connectivity index is 1.61. The predicted molar refractivity (Wildman–Crippen MR) is 96.3 cm³/mol. The van der Waals surface area contributed by atoms with Crippen molar-refractivity contribution in [2.45, 2.75) is 45.3 Å². The van der Waals surface area contributed by atoms with E-state index in [-0.39, 0.29) is 11.8 Å². The van der Waals surface area contributed by atoms with Crippen LogP contribution in [0, 0.1) is 5.92 Å². The van der Waals surface area contributed by atoms with Gasteiger partial charge in [-0.15, -0.1) is 0 Å². The van der Waals surface area contributed by atoms with Gasteiger partial charge in [-0.3, -0.25) is 9.48 Å². The van der Waals surface area contributed by atoms with Gasteiger partial charge in [-0.2, -0.15) is 18.3 Å². The number of nitrogens with zero attached hydrogens (tertiary/aromatic N) is 3. The lowest BCUT2D eigenvalue weighted by Gasteiger charge is -2.32. The molecule has 1 amide bonds. The molecule has 4 nitrogen and oxygen atoms in total. The Morgan fingerprint density at radius 3 is 2.78 bits per heavy atom. The second kappa shape index (κ2) is 8.15. The van der Waals surface area contributed by atoms with Crippen LogP contribution in [0.1, 0.15) is 47.7 Å². The maximum atomic E-state index is 13.1. The third-order valence-corrected chi connectivity index (χ3v) is 5.16. The number of rotatable bonds is 5. The molecule has 0 unspecified atom stereocenters. The molecule has 0 bridgehead atoms. The van der Waals surface area contributed by atoms with Crippen molar-refractivity contribution in [2.24, 2.45) is 5.92 Å². The van der Waals surface area contributed by atoms with Crippen LogP contribution in [-0.2, 0) is 19.1 Å². The summed E-state index contributed by atoms with van der Waals surface area (Å²) in [5, 5.41) is 4.14. The van der Waals surface area contributed by atoms with E-state index in [1.807, 2.05) is 6.92 Å². The predicted octanol–water partition coefficient (Wildman–Crippen LogP) is 4.41. The Labute approximate surface area is 157 Å². The summed E-state index contributed by atoms with van der Waals surface area (Å²) >= 11 is 0. The number of benzene rings is 1. The van der Waals surface area contributed by atoms with Crippen LogP contribution in [0.25, 0.3) is 0 Å². The molecule has 0 N–H and O–H groups in total. The normalized spacial score (nSPS) is 17.9. The molecule has 1 aliphatic rings. The number of piperidine rings is 1. The summed E-state index contributed by atoms with van der Waals surface area (Å²) < 4.78 is 41.1. The summed E-state index contributed by atoms with van der Waals surface area (Å²) in [4.78, 5) is 14.5. The molecule has 7 heteroatoms. The van der Waals surface area contributed by atoms with E-state index in [1.165, 1.54) is 6.07 Å². The molecule has 1 aromatic heterocycles. The topological polar surface area (TPSA) is 38.1 Å². The molecule has 3 rings (SSSR count). The number of alkyl halides is 3. The lowest BCUT2D eigenvalue weighted by molar-refractivity contribution is -0.138. The number of carbonyl (C=O) groups excluding carboxylic acids is 1. The highest BCUT2D eigenvalue weighted by atomic mass is 19.4. The maximum absolute atomic E-state index is 13.1. The second-order valence-corrected chi connectivity index (χ2v) is 7.04. The fourth-order valence-electron chi connectivity index (χ4n) is 3.69. The van der Waals surface area contributed by atoms with Gasteiger partial charge in [0, 0.05) is 25.8 Å². The average molecular weight is 379 g/mol. The van der Waals surface area contributed by atoms with Crippen LogP contribution in [0.3, 0.4) is 0 Å². The fourth-order valence-corrected chi connectivity index (χ4v) is 3.69. The third-order valence-electron chi connectivity index (χ3n) is 5.16. The molecule has 0 spiro atoms. The van der Waals surface area contributed by atoms with Gasteiger partial charge in [0.1, 0.15) is 0 Å². The largest absolute Gasteiger partial charge is 0.416 e. The summed E-state index contributed by atoms with van der Waals surface area (Å²) in [5.74, 6) is 0.167. The van der Waals surface area contributed by atoms with E-state index >= 15 is 0 Å². The van der Waals surface area contributed by atoms with Gasteiger partial charge in [0.15, 0.2) is 0 Å². The van der Waals surface area contributed by atoms with E-state index in [1.54, 1.807) is 34.1 Å². The molecule has 2 aromatic rings. The van der Waals surface area contributed by atoms with Crippen molar-refractivity contribution >= 4 is 5.91 Å². The lowest BCUT2D eigenvalue weighted by atomic mass is 9.90. The van der Waals surface area contributed by atoms with Crippen molar-refractivity contribution in [3.8, 4) is 0 Å². The average Bonchev–Trinajstić information content (AvgIpc) is 3.15. The zero-order valence-electron chi connectivity index (χ0n) is 15.4. The first kappa shape index (κ1) is 19.5. The highest BCUT2D eigenvalue weighted by Crippen LogP contribution is 2.33. The van der Waals surface area contributed by atoms with Crippen LogP contribution < -0.4 is 0 Å². The second-order valence-electron chi connectivity index (χ2n) is 7.04. The summed E-state index contributed by atoms with van der Waals surface area (Å²) in [5.41, 5.74) is 0.346. The Morgan fingerprint density at radius 2 is 2.07 bits per heavy atom. The summed E-state index contributed by atoms with van der Waals surface area (Å²) in [6.07, 6.45) is 1.82. The van der Waals surface area contributed by atoms with Crippen LogP contribution >= 0.6 is 0 Å². The maximum Gasteiger partial charge on any atom is 0.416 e. The molecule has 1 saturated heterocycles. The SMILES string of the molecule is CCn1cc(C(=O)N2CCC[C@@H](CCc3ccccc3C(F)(F)F)C2)cn1.